The number of aryl methyl sites for hydroxylation is 1. The number of nitrogens with two attached hydrogens (primary N) is 1. The molecular formula is C23H22N2O4S. The van der Waals surface area contributed by atoms with Gasteiger partial charge in [0.2, 0.25) is 5.91 Å². The van der Waals surface area contributed by atoms with Gasteiger partial charge < -0.3 is 15.7 Å². The number of anilines is 1. The van der Waals surface area contributed by atoms with Crippen LogP contribution in [0.1, 0.15) is 49.8 Å². The monoisotopic (exact) mass is 422 g/mol. The predicted molar refractivity (Wildman–Crippen MR) is 118 cm³/mol. The molecule has 6 nitrogen and oxygen atoms in total. The van der Waals surface area contributed by atoms with E-state index in [2.05, 4.69) is 0 Å². The Morgan fingerprint density at radius 3 is 2.27 bits per heavy atom. The number of carboxylic acids is 1. The van der Waals surface area contributed by atoms with E-state index in [0.29, 0.717) is 11.3 Å². The highest BCUT2D eigenvalue weighted by molar-refractivity contribution is 7.18. The van der Waals surface area contributed by atoms with Gasteiger partial charge in [-0.15, -0.1) is 11.3 Å². The van der Waals surface area contributed by atoms with E-state index in [1.165, 1.54) is 11.0 Å². The lowest BCUT2D eigenvalue weighted by atomic mass is 10.0. The minimum absolute atomic E-state index is 0.0816. The molecule has 2 amide bonds. The summed E-state index contributed by atoms with van der Waals surface area (Å²) in [7, 11) is 0. The summed E-state index contributed by atoms with van der Waals surface area (Å²) < 4.78 is 0. The van der Waals surface area contributed by atoms with Gasteiger partial charge in [0.05, 0.1) is 5.69 Å². The Morgan fingerprint density at radius 2 is 1.70 bits per heavy atom. The molecule has 3 N–H and O–H groups in total. The molecule has 0 saturated carbocycles. The summed E-state index contributed by atoms with van der Waals surface area (Å²) in [6.45, 7) is 5.36. The van der Waals surface area contributed by atoms with Crippen molar-refractivity contribution in [3.05, 3.63) is 76.2 Å². The second kappa shape index (κ2) is 8.51. The van der Waals surface area contributed by atoms with Crippen molar-refractivity contribution < 1.29 is 19.5 Å². The SMILES string of the molecule is Cc1ccc(C(=O)N(c2cc(-c3ccccc3)sc2C(=O)O)C(C)C)cc1C(N)=O. The summed E-state index contributed by atoms with van der Waals surface area (Å²) in [5.41, 5.74) is 7.82. The first-order chi connectivity index (χ1) is 14.2. The van der Waals surface area contributed by atoms with E-state index in [1.54, 1.807) is 25.1 Å². The molecule has 0 aliphatic heterocycles. The molecule has 0 bridgehead atoms. The van der Waals surface area contributed by atoms with Crippen LogP contribution in [-0.4, -0.2) is 28.9 Å². The Labute approximate surface area is 178 Å². The first-order valence-corrected chi connectivity index (χ1v) is 10.2. The van der Waals surface area contributed by atoms with Gasteiger partial charge in [-0.05, 0) is 50.1 Å². The average Bonchev–Trinajstić information content (AvgIpc) is 3.13. The van der Waals surface area contributed by atoms with E-state index >= 15 is 0 Å². The molecule has 1 aromatic heterocycles. The number of hydrogen-bond acceptors (Lipinski definition) is 4. The van der Waals surface area contributed by atoms with Gasteiger partial charge in [-0.2, -0.15) is 0 Å². The zero-order valence-corrected chi connectivity index (χ0v) is 17.7. The first kappa shape index (κ1) is 21.3. The van der Waals surface area contributed by atoms with Gasteiger partial charge >= 0.3 is 5.97 Å². The van der Waals surface area contributed by atoms with Crippen molar-refractivity contribution in [3.63, 3.8) is 0 Å². The van der Waals surface area contributed by atoms with Gasteiger partial charge in [0, 0.05) is 22.0 Å². The maximum atomic E-state index is 13.4. The zero-order chi connectivity index (χ0) is 22.0. The van der Waals surface area contributed by atoms with E-state index < -0.39 is 17.8 Å². The van der Waals surface area contributed by atoms with Gasteiger partial charge in [-0.25, -0.2) is 4.79 Å². The summed E-state index contributed by atoms with van der Waals surface area (Å²) >= 11 is 1.12. The van der Waals surface area contributed by atoms with Crippen molar-refractivity contribution in [2.24, 2.45) is 5.73 Å². The van der Waals surface area contributed by atoms with Gasteiger partial charge in [0.25, 0.3) is 5.91 Å². The summed E-state index contributed by atoms with van der Waals surface area (Å²) in [5, 5.41) is 9.77. The molecule has 2 aromatic carbocycles. The summed E-state index contributed by atoms with van der Waals surface area (Å²) in [4.78, 5) is 39.3. The van der Waals surface area contributed by atoms with E-state index in [9.17, 15) is 19.5 Å². The topological polar surface area (TPSA) is 101 Å². The molecule has 0 unspecified atom stereocenters. The number of benzene rings is 2. The van der Waals surface area contributed by atoms with Crippen molar-refractivity contribution in [2.75, 3.05) is 4.90 Å². The lowest BCUT2D eigenvalue weighted by Crippen LogP contribution is -2.37. The first-order valence-electron chi connectivity index (χ1n) is 9.37. The van der Waals surface area contributed by atoms with Crippen LogP contribution in [0.25, 0.3) is 10.4 Å². The highest BCUT2D eigenvalue weighted by atomic mass is 32.1. The van der Waals surface area contributed by atoms with Crippen molar-refractivity contribution in [2.45, 2.75) is 26.8 Å². The van der Waals surface area contributed by atoms with Crippen LogP contribution in [0, 0.1) is 6.92 Å². The van der Waals surface area contributed by atoms with E-state index in [1.807, 2.05) is 44.2 Å². The summed E-state index contributed by atoms with van der Waals surface area (Å²) in [5.74, 6) is -2.11. The Hall–Kier alpha value is -3.45. The van der Waals surface area contributed by atoms with Crippen molar-refractivity contribution in [3.8, 4) is 10.4 Å². The molecule has 7 heteroatoms. The Kier molecular flexibility index (Phi) is 6.03. The summed E-state index contributed by atoms with van der Waals surface area (Å²) in [6, 6.07) is 15.6. The molecule has 30 heavy (non-hydrogen) atoms. The third-order valence-corrected chi connectivity index (χ3v) is 5.87. The molecule has 0 fully saturated rings. The number of aromatic carboxylic acids is 1. The van der Waals surface area contributed by atoms with Crippen LogP contribution in [-0.2, 0) is 0 Å². The molecule has 0 aliphatic carbocycles. The number of carbonyl (C=O) groups excluding carboxylic acids is 2. The van der Waals surface area contributed by atoms with Crippen LogP contribution < -0.4 is 10.6 Å². The number of carboxylic acid groups (broad SMARTS) is 1. The highest BCUT2D eigenvalue weighted by Crippen LogP contribution is 2.38. The molecule has 3 rings (SSSR count). The Balaban J connectivity index is 2.12. The number of primary amides is 1. The maximum Gasteiger partial charge on any atom is 0.348 e. The molecule has 0 spiro atoms. The smallest absolute Gasteiger partial charge is 0.348 e. The number of carbonyl (C=O) groups is 3. The molecule has 0 saturated heterocycles. The quantitative estimate of drug-likeness (QED) is 0.607. The van der Waals surface area contributed by atoms with Crippen molar-refractivity contribution >= 4 is 34.8 Å². The lowest BCUT2D eigenvalue weighted by Gasteiger charge is -2.27. The number of nitrogens with zero attached hydrogens (tertiary/aromatic N) is 1. The zero-order valence-electron chi connectivity index (χ0n) is 16.9. The fourth-order valence-electron chi connectivity index (χ4n) is 3.24. The van der Waals surface area contributed by atoms with Crippen molar-refractivity contribution in [1.82, 2.24) is 0 Å². The molecule has 0 radical (unpaired) electrons. The standard InChI is InChI=1S/C23H22N2O4S/c1-13(2)25(22(27)16-10-9-14(3)17(11-16)21(24)26)18-12-19(30-20(18)23(28)29)15-7-5-4-6-8-15/h4-13H,1-3H3,(H2,24,26)(H,28,29). The highest BCUT2D eigenvalue weighted by Gasteiger charge is 2.28. The van der Waals surface area contributed by atoms with Crippen LogP contribution >= 0.6 is 11.3 Å². The fraction of sp³-hybridized carbons (Fsp3) is 0.174. The minimum Gasteiger partial charge on any atom is -0.477 e. The van der Waals surface area contributed by atoms with Crippen LogP contribution in [0.15, 0.2) is 54.6 Å². The average molecular weight is 423 g/mol. The number of thiophene rings is 1. The largest absolute Gasteiger partial charge is 0.477 e. The normalized spacial score (nSPS) is 10.8. The molecule has 0 atom stereocenters. The number of amides is 2. The molecule has 0 aliphatic rings. The maximum absolute atomic E-state index is 13.4. The third-order valence-electron chi connectivity index (χ3n) is 4.71. The fourth-order valence-corrected chi connectivity index (χ4v) is 4.23. The van der Waals surface area contributed by atoms with Gasteiger partial charge in [0.1, 0.15) is 4.88 Å². The third kappa shape index (κ3) is 4.11. The second-order valence-corrected chi connectivity index (χ2v) is 8.21. The van der Waals surface area contributed by atoms with Crippen molar-refractivity contribution in [1.29, 1.82) is 0 Å². The molecule has 154 valence electrons. The number of rotatable bonds is 6. The second-order valence-electron chi connectivity index (χ2n) is 7.16. The van der Waals surface area contributed by atoms with Crippen LogP contribution in [0.2, 0.25) is 0 Å². The van der Waals surface area contributed by atoms with E-state index in [-0.39, 0.29) is 22.0 Å². The van der Waals surface area contributed by atoms with Crippen LogP contribution in [0.3, 0.4) is 0 Å². The predicted octanol–water partition coefficient (Wildman–Crippen LogP) is 4.58. The van der Waals surface area contributed by atoms with E-state index in [0.717, 1.165) is 21.8 Å². The van der Waals surface area contributed by atoms with Gasteiger partial charge in [-0.1, -0.05) is 36.4 Å². The summed E-state index contributed by atoms with van der Waals surface area (Å²) in [6.07, 6.45) is 0. The molecule has 1 heterocycles. The molecular weight excluding hydrogens is 400 g/mol. The van der Waals surface area contributed by atoms with Gasteiger partial charge in [0.15, 0.2) is 0 Å². The van der Waals surface area contributed by atoms with Crippen LogP contribution in [0.5, 0.6) is 0 Å². The molecule has 3 aromatic rings. The lowest BCUT2D eigenvalue weighted by molar-refractivity contribution is 0.0702. The minimum atomic E-state index is -1.10. The Bertz CT molecular complexity index is 1120. The Morgan fingerprint density at radius 1 is 1.03 bits per heavy atom. The van der Waals surface area contributed by atoms with E-state index in [4.69, 9.17) is 5.73 Å². The van der Waals surface area contributed by atoms with Crippen LogP contribution in [0.4, 0.5) is 5.69 Å². The number of hydrogen-bond donors (Lipinski definition) is 2. The van der Waals surface area contributed by atoms with Gasteiger partial charge in [-0.3, -0.25) is 9.59 Å².